The zero-order chi connectivity index (χ0) is 18.9. The van der Waals surface area contributed by atoms with Crippen LogP contribution in [0.2, 0.25) is 0 Å². The molecule has 0 fully saturated rings. The number of fused-ring (bicyclic) bond motifs is 2. The van der Waals surface area contributed by atoms with Gasteiger partial charge in [0.15, 0.2) is 0 Å². The van der Waals surface area contributed by atoms with E-state index in [1.165, 1.54) is 18.7 Å². The van der Waals surface area contributed by atoms with Gasteiger partial charge in [-0.1, -0.05) is 0 Å². The smallest absolute Gasteiger partial charge is 0.266 e. The van der Waals surface area contributed by atoms with Crippen LogP contribution in [0.1, 0.15) is 32.0 Å². The third-order valence-corrected chi connectivity index (χ3v) is 6.39. The summed E-state index contributed by atoms with van der Waals surface area (Å²) in [6.07, 6.45) is 7.66. The highest BCUT2D eigenvalue weighted by atomic mass is 32.2. The highest BCUT2D eigenvalue weighted by Crippen LogP contribution is 2.19. The maximum Gasteiger partial charge on any atom is 0.286 e. The number of hydrogen-bond donors (Lipinski definition) is 0. The van der Waals surface area contributed by atoms with Crippen LogP contribution in [0.25, 0.3) is 0 Å². The van der Waals surface area contributed by atoms with Crippen molar-refractivity contribution in [3.8, 4) is 0 Å². The summed E-state index contributed by atoms with van der Waals surface area (Å²) in [5.74, 6) is -0.213. The van der Waals surface area contributed by atoms with E-state index in [1.54, 1.807) is 30.6 Å². The van der Waals surface area contributed by atoms with E-state index < -0.39 is 31.3 Å². The summed E-state index contributed by atoms with van der Waals surface area (Å²) in [6.45, 7) is 0. The molecule has 4 heterocycles. The van der Waals surface area contributed by atoms with Crippen LogP contribution in [0.5, 0.6) is 0 Å². The molecule has 26 heavy (non-hydrogen) atoms. The van der Waals surface area contributed by atoms with Gasteiger partial charge in [0.2, 0.25) is 0 Å². The Morgan fingerprint density at radius 2 is 1.54 bits per heavy atom. The minimum atomic E-state index is -2.38. The van der Waals surface area contributed by atoms with Crippen LogP contribution < -0.4 is 0 Å². The predicted octanol–water partition coefficient (Wildman–Crippen LogP) is 1.67. The molecule has 0 saturated carbocycles. The molecule has 2 unspecified atom stereocenters. The molecule has 0 N–H and O–H groups in total. The quantitative estimate of drug-likeness (QED) is 0.673. The van der Waals surface area contributed by atoms with Crippen molar-refractivity contribution in [3.05, 3.63) is 59.2 Å². The third kappa shape index (κ3) is 4.02. The average Bonchev–Trinajstić information content (AvgIpc) is 2.53. The number of pyridine rings is 2. The van der Waals surface area contributed by atoms with Gasteiger partial charge in [-0.3, -0.25) is 19.6 Å². The van der Waals surface area contributed by atoms with Gasteiger partial charge in [-0.05, 0) is 23.8 Å². The molecule has 0 spiro atoms. The number of aromatic nitrogens is 2. The van der Waals surface area contributed by atoms with Crippen molar-refractivity contribution in [1.82, 2.24) is 9.97 Å². The molecule has 2 atom stereocenters. The maximum absolute atomic E-state index is 11.6. The monoisotopic (exact) mass is 392 g/mol. The second-order valence-electron chi connectivity index (χ2n) is 6.03. The lowest BCUT2D eigenvalue weighted by Crippen LogP contribution is -2.16. The summed E-state index contributed by atoms with van der Waals surface area (Å²) < 4.78 is 30.3. The third-order valence-electron chi connectivity index (χ3n) is 3.63. The zero-order valence-electron chi connectivity index (χ0n) is 14.1. The first-order valence-electron chi connectivity index (χ1n) is 7.52. The molecule has 0 aliphatic carbocycles. The minimum Gasteiger partial charge on any atom is -0.266 e. The molecule has 0 saturated heterocycles. The van der Waals surface area contributed by atoms with Crippen molar-refractivity contribution >= 4 is 31.3 Å². The molecule has 10 heteroatoms. The van der Waals surface area contributed by atoms with Gasteiger partial charge in [-0.2, -0.15) is 8.73 Å². The second-order valence-corrected chi connectivity index (χ2v) is 10.8. The summed E-state index contributed by atoms with van der Waals surface area (Å²) in [5.41, 5.74) is 2.32. The topological polar surface area (TPSA) is 119 Å². The van der Waals surface area contributed by atoms with Crippen molar-refractivity contribution in [1.29, 1.82) is 0 Å². The van der Waals surface area contributed by atoms with Gasteiger partial charge in [-0.25, -0.2) is 8.42 Å². The van der Waals surface area contributed by atoms with Crippen LogP contribution in [0.4, 0.5) is 0 Å². The summed E-state index contributed by atoms with van der Waals surface area (Å²) in [7, 11) is -4.74. The molecule has 8 nitrogen and oxygen atoms in total. The van der Waals surface area contributed by atoms with E-state index >= 15 is 0 Å². The van der Waals surface area contributed by atoms with Gasteiger partial charge in [0.1, 0.15) is 0 Å². The largest absolute Gasteiger partial charge is 0.286 e. The number of rotatable bonds is 0. The fourth-order valence-electron chi connectivity index (χ4n) is 2.55. The molecule has 0 bridgehead atoms. The molecule has 4 rings (SSSR count). The molecule has 2 aliphatic rings. The number of hydrogen-bond acceptors (Lipinski definition) is 6. The summed E-state index contributed by atoms with van der Waals surface area (Å²) >= 11 is 0. The Bertz CT molecular complexity index is 1060. The number of amides is 2. The Kier molecular flexibility index (Phi) is 4.72. The summed E-state index contributed by atoms with van der Waals surface area (Å²) in [4.78, 5) is 30.5. The van der Waals surface area contributed by atoms with Crippen molar-refractivity contribution in [3.63, 3.8) is 0 Å². The first-order valence-corrected chi connectivity index (χ1v) is 11.7. The van der Waals surface area contributed by atoms with E-state index in [2.05, 4.69) is 18.7 Å². The number of carbonyl (C=O) groups is 2. The first-order chi connectivity index (χ1) is 12.2. The fourth-order valence-corrected chi connectivity index (χ4v) is 5.13. The fraction of sp³-hybridized carbons (Fsp3) is 0.250. The predicted molar refractivity (Wildman–Crippen MR) is 97.5 cm³/mol. The Labute approximate surface area is 151 Å². The van der Waals surface area contributed by atoms with E-state index in [4.69, 9.17) is 0 Å². The minimum absolute atomic E-state index is 0.273. The highest BCUT2D eigenvalue weighted by Gasteiger charge is 2.22. The maximum atomic E-state index is 11.6. The number of carbonyl (C=O) groups excluding carboxylic acids is 2. The lowest BCUT2D eigenvalue weighted by Gasteiger charge is -2.12. The van der Waals surface area contributed by atoms with Crippen LogP contribution in [0.15, 0.2) is 45.5 Å². The van der Waals surface area contributed by atoms with E-state index in [0.29, 0.717) is 22.6 Å². The lowest BCUT2D eigenvalue weighted by atomic mass is 10.1. The van der Waals surface area contributed by atoms with E-state index in [0.717, 1.165) is 5.56 Å². The van der Waals surface area contributed by atoms with E-state index in [-0.39, 0.29) is 5.75 Å². The van der Waals surface area contributed by atoms with E-state index in [9.17, 15) is 18.0 Å². The summed E-state index contributed by atoms with van der Waals surface area (Å²) in [6, 6.07) is 4.94. The highest BCUT2D eigenvalue weighted by molar-refractivity contribution is 7.92. The molecule has 0 aromatic carbocycles. The van der Waals surface area contributed by atoms with Gasteiger partial charge in [0.25, 0.3) is 11.8 Å². The van der Waals surface area contributed by atoms with Crippen LogP contribution in [-0.2, 0) is 31.0 Å². The molecule has 2 aromatic rings. The standard InChI is InChI=1S/2C8H8N2O2S/c1-13(12)5-6-4-9-3-2-7(6)8(11)10-13;1-13(12)5-7-6(8(11)10-13)3-2-4-9-7/h2*2-4H,5H2,1H3. The van der Waals surface area contributed by atoms with Crippen LogP contribution >= 0.6 is 0 Å². The van der Waals surface area contributed by atoms with E-state index in [1.807, 2.05) is 0 Å². The van der Waals surface area contributed by atoms with Gasteiger partial charge >= 0.3 is 0 Å². The van der Waals surface area contributed by atoms with Crippen LogP contribution in [-0.4, -0.2) is 42.7 Å². The molecular formula is C16H16N4O4S2. The Hall–Kier alpha value is -2.46. The molecule has 2 amide bonds. The Balaban J connectivity index is 0.000000151. The molecule has 136 valence electrons. The average molecular weight is 392 g/mol. The second kappa shape index (κ2) is 6.69. The van der Waals surface area contributed by atoms with Crippen molar-refractivity contribution < 1.29 is 18.0 Å². The number of nitrogens with zero attached hydrogens (tertiary/aromatic N) is 4. The molecular weight excluding hydrogens is 376 g/mol. The van der Waals surface area contributed by atoms with Gasteiger partial charge in [-0.15, -0.1) is 0 Å². The van der Waals surface area contributed by atoms with Crippen molar-refractivity contribution in [2.45, 2.75) is 11.5 Å². The van der Waals surface area contributed by atoms with Gasteiger partial charge in [0, 0.05) is 36.7 Å². The van der Waals surface area contributed by atoms with Crippen molar-refractivity contribution in [2.75, 3.05) is 12.5 Å². The zero-order valence-corrected chi connectivity index (χ0v) is 15.7. The molecule has 2 aliphatic heterocycles. The molecule has 0 radical (unpaired) electrons. The van der Waals surface area contributed by atoms with Gasteiger partial charge in [0.05, 0.1) is 42.2 Å². The lowest BCUT2D eigenvalue weighted by molar-refractivity contribution is 0.0994. The first kappa shape index (κ1) is 18.3. The Morgan fingerprint density at radius 3 is 2.27 bits per heavy atom. The van der Waals surface area contributed by atoms with Crippen molar-refractivity contribution in [2.24, 2.45) is 8.73 Å². The SMILES string of the molecule is CS1(=O)=NC(=O)c2cccnc2C1.CS1(=O)=NC(=O)c2ccncc2C1. The normalized spacial score (nSPS) is 26.4. The molecule has 2 aromatic heterocycles. The van der Waals surface area contributed by atoms with Crippen LogP contribution in [0, 0.1) is 0 Å². The summed E-state index contributed by atoms with van der Waals surface area (Å²) in [5, 5.41) is 0. The van der Waals surface area contributed by atoms with Crippen LogP contribution in [0.3, 0.4) is 0 Å². The van der Waals surface area contributed by atoms with Gasteiger partial charge < -0.3 is 0 Å². The Morgan fingerprint density at radius 1 is 0.885 bits per heavy atom.